The molecule has 28 heavy (non-hydrogen) atoms. The van der Waals surface area contributed by atoms with Crippen LogP contribution in [0.25, 0.3) is 0 Å². The molecule has 0 amide bonds. The van der Waals surface area contributed by atoms with E-state index in [1.165, 1.54) is 18.4 Å². The van der Waals surface area contributed by atoms with Crippen LogP contribution in [-0.2, 0) is 23.9 Å². The number of thiophene rings is 1. The Balaban J connectivity index is 2.10. The maximum Gasteiger partial charge on any atom is 0.336 e. The smallest absolute Gasteiger partial charge is 0.336 e. The van der Waals surface area contributed by atoms with E-state index in [1.54, 1.807) is 0 Å². The first kappa shape index (κ1) is 20.3. The van der Waals surface area contributed by atoms with E-state index < -0.39 is 23.8 Å². The molecule has 1 aliphatic carbocycles. The zero-order valence-electron chi connectivity index (χ0n) is 16.5. The molecular formula is C21H25NO5S. The number of carbonyl (C=O) groups excluding carboxylic acids is 3. The van der Waals surface area contributed by atoms with Gasteiger partial charge in [-0.15, -0.1) is 11.3 Å². The molecule has 0 aromatic carbocycles. The normalized spacial score (nSPS) is 24.6. The Morgan fingerprint density at radius 2 is 2.11 bits per heavy atom. The van der Waals surface area contributed by atoms with Crippen molar-refractivity contribution >= 4 is 29.1 Å². The molecule has 6 nitrogen and oxygen atoms in total. The van der Waals surface area contributed by atoms with Gasteiger partial charge in [0.05, 0.1) is 25.2 Å². The van der Waals surface area contributed by atoms with Crippen LogP contribution in [0, 0.1) is 11.8 Å². The van der Waals surface area contributed by atoms with Gasteiger partial charge >= 0.3 is 11.9 Å². The van der Waals surface area contributed by atoms with E-state index in [0.29, 0.717) is 36.3 Å². The second-order valence-corrected chi connectivity index (χ2v) is 8.17. The van der Waals surface area contributed by atoms with Crippen LogP contribution in [0.3, 0.4) is 0 Å². The molecule has 1 N–H and O–H groups in total. The minimum absolute atomic E-state index is 0.184. The number of ketones is 1. The lowest BCUT2D eigenvalue weighted by Crippen LogP contribution is -2.43. The maximum absolute atomic E-state index is 13.4. The highest BCUT2D eigenvalue weighted by Crippen LogP contribution is 2.46. The summed E-state index contributed by atoms with van der Waals surface area (Å²) in [6.07, 6.45) is 1.25. The van der Waals surface area contributed by atoms with E-state index in [0.717, 1.165) is 10.6 Å². The molecule has 150 valence electrons. The largest absolute Gasteiger partial charge is 0.468 e. The highest BCUT2D eigenvalue weighted by atomic mass is 32.1. The van der Waals surface area contributed by atoms with Gasteiger partial charge in [-0.1, -0.05) is 19.9 Å². The summed E-state index contributed by atoms with van der Waals surface area (Å²) in [6, 6.07) is 3.80. The molecule has 0 unspecified atom stereocenters. The fraction of sp³-hybridized carbons (Fsp3) is 0.476. The van der Waals surface area contributed by atoms with Crippen molar-refractivity contribution < 1.29 is 23.9 Å². The van der Waals surface area contributed by atoms with Crippen LogP contribution in [0.15, 0.2) is 40.1 Å². The van der Waals surface area contributed by atoms with Gasteiger partial charge in [-0.25, -0.2) is 4.79 Å². The Morgan fingerprint density at radius 3 is 2.71 bits per heavy atom. The molecule has 1 aromatic rings. The molecular weight excluding hydrogens is 378 g/mol. The van der Waals surface area contributed by atoms with Crippen molar-refractivity contribution in [2.75, 3.05) is 13.7 Å². The standard InChI is InChI=1S/C21H25NO5S/c1-5-8-27-21(25)16-12(3)22-13-10-11(2)15(20(24)26-4)19(23)17(13)18(16)14-7-6-9-28-14/h6-7,9,11,15,18,22H,5,8,10H2,1-4H3/t11-,15+,18-/m1/s1. The number of methoxy groups -OCH3 is 1. The van der Waals surface area contributed by atoms with Crippen LogP contribution in [0.1, 0.15) is 44.4 Å². The van der Waals surface area contributed by atoms with Gasteiger partial charge in [0.1, 0.15) is 5.92 Å². The second-order valence-electron chi connectivity index (χ2n) is 7.19. The van der Waals surface area contributed by atoms with Gasteiger partial charge in [-0.2, -0.15) is 0 Å². The van der Waals surface area contributed by atoms with Gasteiger partial charge in [0.2, 0.25) is 0 Å². The average Bonchev–Trinajstić information content (AvgIpc) is 3.19. The van der Waals surface area contributed by atoms with Gasteiger partial charge in [-0.3, -0.25) is 9.59 Å². The Labute approximate surface area is 168 Å². The summed E-state index contributed by atoms with van der Waals surface area (Å²) in [5.74, 6) is -2.82. The number of esters is 2. The first-order valence-electron chi connectivity index (χ1n) is 9.44. The lowest BCUT2D eigenvalue weighted by molar-refractivity contribution is -0.151. The first-order chi connectivity index (χ1) is 13.4. The van der Waals surface area contributed by atoms with Crippen molar-refractivity contribution in [1.29, 1.82) is 0 Å². The van der Waals surface area contributed by atoms with Gasteiger partial charge in [0, 0.05) is 21.8 Å². The van der Waals surface area contributed by atoms with Crippen LogP contribution < -0.4 is 5.32 Å². The van der Waals surface area contributed by atoms with E-state index in [2.05, 4.69) is 5.32 Å². The molecule has 1 aromatic heterocycles. The summed E-state index contributed by atoms with van der Waals surface area (Å²) < 4.78 is 10.3. The SMILES string of the molecule is CCCOC(=O)C1=C(C)NC2=C(C(=O)[C@@H](C(=O)OC)[C@H](C)C2)[C@@H]1c1cccs1. The molecule has 2 heterocycles. The monoisotopic (exact) mass is 403 g/mol. The zero-order chi connectivity index (χ0) is 20.4. The topological polar surface area (TPSA) is 81.7 Å². The number of allylic oxidation sites excluding steroid dienone is 3. The second kappa shape index (κ2) is 8.31. The van der Waals surface area contributed by atoms with E-state index in [1.807, 2.05) is 38.3 Å². The summed E-state index contributed by atoms with van der Waals surface area (Å²) in [4.78, 5) is 39.4. The molecule has 0 saturated carbocycles. The molecule has 0 bridgehead atoms. The minimum atomic E-state index is -0.862. The van der Waals surface area contributed by atoms with Gasteiger partial charge in [-0.05, 0) is 37.1 Å². The van der Waals surface area contributed by atoms with E-state index in [4.69, 9.17) is 9.47 Å². The Bertz CT molecular complexity index is 852. The quantitative estimate of drug-likeness (QED) is 0.600. The molecule has 2 aliphatic rings. The molecule has 0 saturated heterocycles. The summed E-state index contributed by atoms with van der Waals surface area (Å²) >= 11 is 1.48. The molecule has 1 aliphatic heterocycles. The predicted octanol–water partition coefficient (Wildman–Crippen LogP) is 3.31. The fourth-order valence-corrected chi connectivity index (χ4v) is 4.81. The van der Waals surface area contributed by atoms with Crippen LogP contribution >= 0.6 is 11.3 Å². The molecule has 0 spiro atoms. The Kier molecular flexibility index (Phi) is 6.03. The summed E-state index contributed by atoms with van der Waals surface area (Å²) in [7, 11) is 1.29. The van der Waals surface area contributed by atoms with Crippen molar-refractivity contribution in [2.24, 2.45) is 11.8 Å². The number of ether oxygens (including phenoxy) is 2. The highest BCUT2D eigenvalue weighted by molar-refractivity contribution is 7.10. The number of hydrogen-bond acceptors (Lipinski definition) is 7. The summed E-state index contributed by atoms with van der Waals surface area (Å²) in [6.45, 7) is 5.94. The van der Waals surface area contributed by atoms with Crippen molar-refractivity contribution in [3.05, 3.63) is 44.9 Å². The Morgan fingerprint density at radius 1 is 1.36 bits per heavy atom. The zero-order valence-corrected chi connectivity index (χ0v) is 17.4. The van der Waals surface area contributed by atoms with Crippen LogP contribution in [-0.4, -0.2) is 31.4 Å². The maximum atomic E-state index is 13.4. The average molecular weight is 404 g/mol. The highest BCUT2D eigenvalue weighted by Gasteiger charge is 2.47. The molecule has 0 radical (unpaired) electrons. The fourth-order valence-electron chi connectivity index (χ4n) is 3.96. The number of Topliss-reactive ketones (excluding diaryl/α,β-unsaturated/α-hetero) is 1. The molecule has 0 fully saturated rings. The molecule has 7 heteroatoms. The van der Waals surface area contributed by atoms with E-state index in [-0.39, 0.29) is 11.7 Å². The van der Waals surface area contributed by atoms with Gasteiger partial charge in [0.15, 0.2) is 5.78 Å². The van der Waals surface area contributed by atoms with E-state index >= 15 is 0 Å². The third-order valence-electron chi connectivity index (χ3n) is 5.23. The number of rotatable bonds is 5. The summed E-state index contributed by atoms with van der Waals surface area (Å²) in [5.41, 5.74) is 2.38. The van der Waals surface area contributed by atoms with Crippen molar-refractivity contribution in [3.8, 4) is 0 Å². The van der Waals surface area contributed by atoms with E-state index in [9.17, 15) is 14.4 Å². The van der Waals surface area contributed by atoms with Crippen LogP contribution in [0.4, 0.5) is 0 Å². The van der Waals surface area contributed by atoms with Crippen LogP contribution in [0.2, 0.25) is 0 Å². The minimum Gasteiger partial charge on any atom is -0.468 e. The van der Waals surface area contributed by atoms with Gasteiger partial charge < -0.3 is 14.8 Å². The first-order valence-corrected chi connectivity index (χ1v) is 10.3. The molecule has 3 rings (SSSR count). The Hall–Kier alpha value is -2.41. The number of carbonyl (C=O) groups is 3. The third-order valence-corrected chi connectivity index (χ3v) is 6.17. The lowest BCUT2D eigenvalue weighted by atomic mass is 9.70. The molecule has 3 atom stereocenters. The number of dihydropyridines is 1. The number of nitrogens with one attached hydrogen (secondary N) is 1. The van der Waals surface area contributed by atoms with Crippen molar-refractivity contribution in [2.45, 2.75) is 39.5 Å². The van der Waals surface area contributed by atoms with Crippen LogP contribution in [0.5, 0.6) is 0 Å². The van der Waals surface area contributed by atoms with Gasteiger partial charge in [0.25, 0.3) is 0 Å². The summed E-state index contributed by atoms with van der Waals surface area (Å²) in [5, 5.41) is 5.16. The predicted molar refractivity (Wildman–Crippen MR) is 105 cm³/mol. The van der Waals surface area contributed by atoms with Crippen molar-refractivity contribution in [1.82, 2.24) is 5.32 Å². The van der Waals surface area contributed by atoms with Crippen molar-refractivity contribution in [3.63, 3.8) is 0 Å². The third kappa shape index (κ3) is 3.51. The number of hydrogen-bond donors (Lipinski definition) is 1. The lowest BCUT2D eigenvalue weighted by Gasteiger charge is -2.37.